The monoisotopic (exact) mass is 302 g/mol. The van der Waals surface area contributed by atoms with Crippen LogP contribution in [-0.4, -0.2) is 34.5 Å². The molecule has 0 aromatic carbocycles. The van der Waals surface area contributed by atoms with Crippen molar-refractivity contribution >= 4 is 0 Å². The fraction of sp³-hybridized carbons (Fsp3) is 0.438. The third kappa shape index (κ3) is 4.22. The van der Waals surface area contributed by atoms with Crippen molar-refractivity contribution in [3.63, 3.8) is 0 Å². The molecule has 0 amide bonds. The summed E-state index contributed by atoms with van der Waals surface area (Å²) in [4.78, 5) is 16.8. The van der Waals surface area contributed by atoms with Gasteiger partial charge in [-0.15, -0.1) is 0 Å². The Balaban J connectivity index is 2.41. The number of aromatic nitrogens is 3. The summed E-state index contributed by atoms with van der Waals surface area (Å²) in [6.07, 6.45) is 1.72. The number of nitrogens with one attached hydrogen (secondary N) is 1. The third-order valence-electron chi connectivity index (χ3n) is 3.18. The molecule has 0 fully saturated rings. The molecule has 2 aromatic heterocycles. The first-order valence-electron chi connectivity index (χ1n) is 7.36. The van der Waals surface area contributed by atoms with Crippen LogP contribution in [0.1, 0.15) is 19.4 Å². The summed E-state index contributed by atoms with van der Waals surface area (Å²) in [5, 5.41) is 7.67. The number of rotatable bonds is 7. The lowest BCUT2D eigenvalue weighted by atomic mass is 10.2. The molecule has 2 heterocycles. The Morgan fingerprint density at radius 1 is 1.32 bits per heavy atom. The molecule has 0 saturated carbocycles. The molecule has 6 heteroatoms. The number of hydrogen-bond acceptors (Lipinski definition) is 5. The minimum Gasteiger partial charge on any atom is -0.383 e. The Morgan fingerprint density at radius 2 is 2.14 bits per heavy atom. The van der Waals surface area contributed by atoms with Crippen LogP contribution >= 0.6 is 0 Å². The maximum atomic E-state index is 12.5. The van der Waals surface area contributed by atoms with Gasteiger partial charge in [0.2, 0.25) is 0 Å². The van der Waals surface area contributed by atoms with E-state index in [1.54, 1.807) is 13.3 Å². The van der Waals surface area contributed by atoms with E-state index in [1.165, 1.54) is 4.68 Å². The van der Waals surface area contributed by atoms with Crippen LogP contribution in [0.2, 0.25) is 0 Å². The number of hydrogen-bond donors (Lipinski definition) is 1. The molecular formula is C16H22N4O2. The van der Waals surface area contributed by atoms with Crippen LogP contribution in [0.5, 0.6) is 0 Å². The average molecular weight is 302 g/mol. The highest BCUT2D eigenvalue weighted by molar-refractivity contribution is 5.53. The Kier molecular flexibility index (Phi) is 5.80. The highest BCUT2D eigenvalue weighted by Crippen LogP contribution is 2.13. The maximum Gasteiger partial charge on any atom is 0.271 e. The molecule has 0 radical (unpaired) electrons. The van der Waals surface area contributed by atoms with Crippen LogP contribution in [0, 0.1) is 0 Å². The van der Waals surface area contributed by atoms with Crippen LogP contribution in [-0.2, 0) is 17.8 Å². The zero-order valence-corrected chi connectivity index (χ0v) is 13.2. The van der Waals surface area contributed by atoms with E-state index in [1.807, 2.05) is 38.1 Å². The van der Waals surface area contributed by atoms with Gasteiger partial charge in [0.1, 0.15) is 5.69 Å². The molecule has 1 N–H and O–H groups in total. The summed E-state index contributed by atoms with van der Waals surface area (Å²) >= 11 is 0. The van der Waals surface area contributed by atoms with Crippen molar-refractivity contribution in [2.75, 3.05) is 13.7 Å². The SMILES string of the molecule is COCCn1nc(-c2ccccn2)cc(CNC(C)C)c1=O. The predicted octanol–water partition coefficient (Wildman–Crippen LogP) is 1.45. The first-order valence-corrected chi connectivity index (χ1v) is 7.36. The summed E-state index contributed by atoms with van der Waals surface area (Å²) in [5.74, 6) is 0. The number of pyridine rings is 1. The van der Waals surface area contributed by atoms with Crippen LogP contribution in [0.25, 0.3) is 11.4 Å². The van der Waals surface area contributed by atoms with Crippen molar-refractivity contribution < 1.29 is 4.74 Å². The van der Waals surface area contributed by atoms with Crippen molar-refractivity contribution in [2.24, 2.45) is 0 Å². The van der Waals surface area contributed by atoms with E-state index < -0.39 is 0 Å². The van der Waals surface area contributed by atoms with Crippen LogP contribution < -0.4 is 10.9 Å². The fourth-order valence-corrected chi connectivity index (χ4v) is 2.01. The van der Waals surface area contributed by atoms with Gasteiger partial charge in [-0.25, -0.2) is 4.68 Å². The van der Waals surface area contributed by atoms with Gasteiger partial charge in [0.05, 0.1) is 18.8 Å². The highest BCUT2D eigenvalue weighted by Gasteiger charge is 2.11. The molecule has 0 aliphatic heterocycles. The van der Waals surface area contributed by atoms with E-state index in [2.05, 4.69) is 15.4 Å². The van der Waals surface area contributed by atoms with Crippen molar-refractivity contribution in [1.29, 1.82) is 0 Å². The molecular weight excluding hydrogens is 280 g/mol. The second kappa shape index (κ2) is 7.82. The van der Waals surface area contributed by atoms with E-state index in [9.17, 15) is 4.79 Å². The molecule has 0 saturated heterocycles. The zero-order valence-electron chi connectivity index (χ0n) is 13.2. The summed E-state index contributed by atoms with van der Waals surface area (Å²) in [7, 11) is 1.61. The van der Waals surface area contributed by atoms with E-state index in [0.29, 0.717) is 37.0 Å². The lowest BCUT2D eigenvalue weighted by Gasteiger charge is -2.12. The van der Waals surface area contributed by atoms with Crippen molar-refractivity contribution in [1.82, 2.24) is 20.1 Å². The van der Waals surface area contributed by atoms with Crippen LogP contribution in [0.4, 0.5) is 0 Å². The summed E-state index contributed by atoms with van der Waals surface area (Å²) in [6, 6.07) is 7.75. The molecule has 0 unspecified atom stereocenters. The Bertz CT molecular complexity index is 653. The normalized spacial score (nSPS) is 11.1. The fourth-order valence-electron chi connectivity index (χ4n) is 2.01. The van der Waals surface area contributed by atoms with Gasteiger partial charge in [0, 0.05) is 31.5 Å². The van der Waals surface area contributed by atoms with Gasteiger partial charge in [-0.1, -0.05) is 19.9 Å². The molecule has 2 rings (SSSR count). The van der Waals surface area contributed by atoms with Crippen LogP contribution in [0.3, 0.4) is 0 Å². The standard InChI is InChI=1S/C16H22N4O2/c1-12(2)18-11-13-10-15(14-6-4-5-7-17-14)19-20(16(13)21)8-9-22-3/h4-7,10,12,18H,8-9,11H2,1-3H3. The quantitative estimate of drug-likeness (QED) is 0.838. The first kappa shape index (κ1) is 16.3. The lowest BCUT2D eigenvalue weighted by molar-refractivity contribution is 0.181. The van der Waals surface area contributed by atoms with E-state index >= 15 is 0 Å². The van der Waals surface area contributed by atoms with Gasteiger partial charge in [-0.05, 0) is 18.2 Å². The second-order valence-electron chi connectivity index (χ2n) is 5.33. The van der Waals surface area contributed by atoms with Crippen molar-refractivity contribution in [2.45, 2.75) is 33.0 Å². The molecule has 22 heavy (non-hydrogen) atoms. The van der Waals surface area contributed by atoms with E-state index in [0.717, 1.165) is 5.69 Å². The molecule has 2 aromatic rings. The molecule has 118 valence electrons. The Morgan fingerprint density at radius 3 is 2.77 bits per heavy atom. The second-order valence-corrected chi connectivity index (χ2v) is 5.33. The smallest absolute Gasteiger partial charge is 0.271 e. The Hall–Kier alpha value is -2.05. The summed E-state index contributed by atoms with van der Waals surface area (Å²) in [6.45, 7) is 5.46. The largest absolute Gasteiger partial charge is 0.383 e. The van der Waals surface area contributed by atoms with E-state index in [-0.39, 0.29) is 5.56 Å². The lowest BCUT2D eigenvalue weighted by Crippen LogP contribution is -2.32. The molecule has 0 aliphatic carbocycles. The topological polar surface area (TPSA) is 69.0 Å². The first-order chi connectivity index (χ1) is 10.6. The minimum atomic E-state index is -0.0927. The number of nitrogens with zero attached hydrogens (tertiary/aromatic N) is 3. The summed E-state index contributed by atoms with van der Waals surface area (Å²) < 4.78 is 6.50. The van der Waals surface area contributed by atoms with Gasteiger partial charge in [-0.3, -0.25) is 9.78 Å². The van der Waals surface area contributed by atoms with E-state index in [4.69, 9.17) is 4.74 Å². The summed E-state index contributed by atoms with van der Waals surface area (Å²) in [5.41, 5.74) is 2.03. The van der Waals surface area contributed by atoms with Gasteiger partial charge < -0.3 is 10.1 Å². The molecule has 0 aliphatic rings. The predicted molar refractivity (Wildman–Crippen MR) is 85.6 cm³/mol. The molecule has 0 bridgehead atoms. The zero-order chi connectivity index (χ0) is 15.9. The van der Waals surface area contributed by atoms with Crippen molar-refractivity contribution in [3.8, 4) is 11.4 Å². The molecule has 0 spiro atoms. The highest BCUT2D eigenvalue weighted by atomic mass is 16.5. The van der Waals surface area contributed by atoms with Gasteiger partial charge in [-0.2, -0.15) is 5.10 Å². The number of ether oxygens (including phenoxy) is 1. The van der Waals surface area contributed by atoms with Crippen molar-refractivity contribution in [3.05, 3.63) is 46.4 Å². The average Bonchev–Trinajstić information content (AvgIpc) is 2.53. The third-order valence-corrected chi connectivity index (χ3v) is 3.18. The Labute approximate surface area is 130 Å². The molecule has 6 nitrogen and oxygen atoms in total. The maximum absolute atomic E-state index is 12.5. The minimum absolute atomic E-state index is 0.0927. The number of methoxy groups -OCH3 is 1. The molecule has 0 atom stereocenters. The van der Waals surface area contributed by atoms with Gasteiger partial charge >= 0.3 is 0 Å². The van der Waals surface area contributed by atoms with Crippen LogP contribution in [0.15, 0.2) is 35.3 Å². The van der Waals surface area contributed by atoms with Gasteiger partial charge in [0.15, 0.2) is 0 Å². The van der Waals surface area contributed by atoms with Gasteiger partial charge in [0.25, 0.3) is 5.56 Å².